The van der Waals surface area contributed by atoms with Gasteiger partial charge >= 0.3 is 0 Å². The number of nitrogens with two attached hydrogens (primary N) is 1. The van der Waals surface area contributed by atoms with Crippen molar-refractivity contribution in [2.75, 3.05) is 13.1 Å². The van der Waals surface area contributed by atoms with Crippen molar-refractivity contribution in [3.8, 4) is 0 Å². The summed E-state index contributed by atoms with van der Waals surface area (Å²) in [6, 6.07) is 8.40. The maximum atomic E-state index is 12.8. The van der Waals surface area contributed by atoms with E-state index >= 15 is 0 Å². The highest BCUT2D eigenvalue weighted by Crippen LogP contribution is 2.26. The van der Waals surface area contributed by atoms with Crippen LogP contribution in [0.2, 0.25) is 0 Å². The molecular weight excluding hydrogens is 260 g/mol. The van der Waals surface area contributed by atoms with Crippen LogP contribution in [0.25, 0.3) is 0 Å². The minimum atomic E-state index is 0.190. The van der Waals surface area contributed by atoms with E-state index in [0.717, 1.165) is 31.4 Å². The molecule has 2 N–H and O–H groups in total. The third-order valence-corrected chi connectivity index (χ3v) is 4.22. The Morgan fingerprint density at radius 3 is 2.38 bits per heavy atom. The summed E-state index contributed by atoms with van der Waals surface area (Å²) in [5, 5.41) is 0. The molecule has 1 fully saturated rings. The van der Waals surface area contributed by atoms with Crippen LogP contribution in [0, 0.1) is 5.92 Å². The van der Waals surface area contributed by atoms with Crippen LogP contribution in [0.1, 0.15) is 55.5 Å². The second kappa shape index (κ2) is 7.60. The van der Waals surface area contributed by atoms with Crippen molar-refractivity contribution in [3.05, 3.63) is 35.4 Å². The van der Waals surface area contributed by atoms with Crippen LogP contribution >= 0.6 is 0 Å². The van der Waals surface area contributed by atoms with Gasteiger partial charge in [0.2, 0.25) is 0 Å². The van der Waals surface area contributed by atoms with E-state index in [1.165, 1.54) is 18.4 Å². The van der Waals surface area contributed by atoms with E-state index in [0.29, 0.717) is 18.5 Å². The summed E-state index contributed by atoms with van der Waals surface area (Å²) >= 11 is 0. The van der Waals surface area contributed by atoms with Crippen molar-refractivity contribution >= 4 is 5.91 Å². The molecule has 116 valence electrons. The first-order valence-electron chi connectivity index (χ1n) is 8.21. The fourth-order valence-corrected chi connectivity index (χ4v) is 3.15. The molecule has 21 heavy (non-hydrogen) atoms. The van der Waals surface area contributed by atoms with Crippen LogP contribution in [0.3, 0.4) is 0 Å². The van der Waals surface area contributed by atoms with Crippen molar-refractivity contribution in [2.24, 2.45) is 11.7 Å². The molecule has 0 atom stereocenters. The number of rotatable bonds is 6. The van der Waals surface area contributed by atoms with Gasteiger partial charge in [0.25, 0.3) is 5.91 Å². The molecule has 1 aromatic carbocycles. The van der Waals surface area contributed by atoms with Crippen molar-refractivity contribution in [1.29, 1.82) is 0 Å². The predicted octanol–water partition coefficient (Wildman–Crippen LogP) is 3.23. The van der Waals surface area contributed by atoms with Crippen molar-refractivity contribution in [3.63, 3.8) is 0 Å². The van der Waals surface area contributed by atoms with Crippen LogP contribution in [-0.2, 0) is 6.42 Å². The maximum Gasteiger partial charge on any atom is 0.254 e. The highest BCUT2D eigenvalue weighted by atomic mass is 16.2. The predicted molar refractivity (Wildman–Crippen MR) is 87.3 cm³/mol. The average molecular weight is 288 g/mol. The Morgan fingerprint density at radius 1 is 1.24 bits per heavy atom. The van der Waals surface area contributed by atoms with Gasteiger partial charge in [0, 0.05) is 18.2 Å². The molecule has 3 heteroatoms. The molecule has 0 heterocycles. The zero-order chi connectivity index (χ0) is 15.2. The Labute approximate surface area is 128 Å². The Morgan fingerprint density at radius 2 is 1.86 bits per heavy atom. The third kappa shape index (κ3) is 4.31. The van der Waals surface area contributed by atoms with Gasteiger partial charge in [0.15, 0.2) is 0 Å². The van der Waals surface area contributed by atoms with Crippen LogP contribution in [0.15, 0.2) is 24.3 Å². The summed E-state index contributed by atoms with van der Waals surface area (Å²) < 4.78 is 0. The Bertz CT molecular complexity index is 447. The lowest BCUT2D eigenvalue weighted by Crippen LogP contribution is -2.41. The summed E-state index contributed by atoms with van der Waals surface area (Å²) in [5.74, 6) is 0.695. The first-order chi connectivity index (χ1) is 10.1. The van der Waals surface area contributed by atoms with Gasteiger partial charge in [-0.3, -0.25) is 4.79 Å². The third-order valence-electron chi connectivity index (χ3n) is 4.22. The molecule has 0 spiro atoms. The monoisotopic (exact) mass is 288 g/mol. The van der Waals surface area contributed by atoms with Crippen LogP contribution in [-0.4, -0.2) is 29.9 Å². The summed E-state index contributed by atoms with van der Waals surface area (Å²) in [7, 11) is 0. The Kier molecular flexibility index (Phi) is 5.80. The molecule has 1 aliphatic rings. The minimum absolute atomic E-state index is 0.190. The zero-order valence-corrected chi connectivity index (χ0v) is 13.3. The molecule has 0 aromatic heterocycles. The quantitative estimate of drug-likeness (QED) is 0.873. The normalized spacial score (nSPS) is 15.6. The molecule has 1 aliphatic carbocycles. The van der Waals surface area contributed by atoms with Gasteiger partial charge < -0.3 is 10.6 Å². The lowest BCUT2D eigenvalue weighted by molar-refractivity contribution is 0.0655. The number of benzene rings is 1. The molecular formula is C18H28N2O. The molecule has 0 unspecified atom stereocenters. The van der Waals surface area contributed by atoms with Gasteiger partial charge in [-0.25, -0.2) is 0 Å². The summed E-state index contributed by atoms with van der Waals surface area (Å²) in [6.45, 7) is 5.86. The topological polar surface area (TPSA) is 46.3 Å². The van der Waals surface area contributed by atoms with Gasteiger partial charge in [-0.15, -0.1) is 0 Å². The minimum Gasteiger partial charge on any atom is -0.335 e. The molecule has 0 saturated heterocycles. The number of amides is 1. The fraction of sp³-hybridized carbons (Fsp3) is 0.611. The van der Waals surface area contributed by atoms with E-state index < -0.39 is 0 Å². The van der Waals surface area contributed by atoms with Gasteiger partial charge in [-0.2, -0.15) is 0 Å². The standard InChI is InChI=1S/C18H28N2O/c1-14(2)13-20(17-5-3-4-6-17)18(21)16-9-7-15(8-10-16)11-12-19/h7-10,14,17H,3-6,11-13,19H2,1-2H3. The molecule has 2 rings (SSSR count). The Hall–Kier alpha value is -1.35. The summed E-state index contributed by atoms with van der Waals surface area (Å²) in [4.78, 5) is 14.9. The van der Waals surface area contributed by atoms with Crippen molar-refractivity contribution in [2.45, 2.75) is 52.0 Å². The highest BCUT2D eigenvalue weighted by molar-refractivity contribution is 5.94. The van der Waals surface area contributed by atoms with Crippen LogP contribution in [0.4, 0.5) is 0 Å². The lowest BCUT2D eigenvalue weighted by Gasteiger charge is -2.30. The van der Waals surface area contributed by atoms with Crippen LogP contribution < -0.4 is 5.73 Å². The molecule has 3 nitrogen and oxygen atoms in total. The van der Waals surface area contributed by atoms with Gasteiger partial charge in [0.1, 0.15) is 0 Å². The molecule has 1 amide bonds. The number of nitrogens with zero attached hydrogens (tertiary/aromatic N) is 1. The number of hydrogen-bond acceptors (Lipinski definition) is 2. The van der Waals surface area contributed by atoms with Crippen molar-refractivity contribution < 1.29 is 4.79 Å². The smallest absolute Gasteiger partial charge is 0.254 e. The SMILES string of the molecule is CC(C)CN(C(=O)c1ccc(CCN)cc1)C1CCCC1. The highest BCUT2D eigenvalue weighted by Gasteiger charge is 2.27. The number of hydrogen-bond donors (Lipinski definition) is 1. The first-order valence-corrected chi connectivity index (χ1v) is 8.21. The largest absolute Gasteiger partial charge is 0.335 e. The molecule has 0 aliphatic heterocycles. The molecule has 1 saturated carbocycles. The maximum absolute atomic E-state index is 12.8. The van der Waals surface area contributed by atoms with Crippen LogP contribution in [0.5, 0.6) is 0 Å². The second-order valence-corrected chi connectivity index (χ2v) is 6.53. The molecule has 0 bridgehead atoms. The molecule has 1 aromatic rings. The lowest BCUT2D eigenvalue weighted by atomic mass is 10.1. The van der Waals surface area contributed by atoms with E-state index in [1.54, 1.807) is 0 Å². The fourth-order valence-electron chi connectivity index (χ4n) is 3.15. The van der Waals surface area contributed by atoms with E-state index in [1.807, 2.05) is 24.3 Å². The van der Waals surface area contributed by atoms with E-state index in [2.05, 4.69) is 18.7 Å². The number of carbonyl (C=O) groups is 1. The summed E-state index contributed by atoms with van der Waals surface area (Å²) in [6.07, 6.45) is 5.68. The van der Waals surface area contributed by atoms with Gasteiger partial charge in [0.05, 0.1) is 0 Å². The summed E-state index contributed by atoms with van der Waals surface area (Å²) in [5.41, 5.74) is 7.58. The first kappa shape index (κ1) is 16.0. The Balaban J connectivity index is 2.12. The number of carbonyl (C=O) groups excluding carboxylic acids is 1. The second-order valence-electron chi connectivity index (χ2n) is 6.53. The average Bonchev–Trinajstić information content (AvgIpc) is 2.99. The zero-order valence-electron chi connectivity index (χ0n) is 13.3. The van der Waals surface area contributed by atoms with E-state index in [-0.39, 0.29) is 5.91 Å². The van der Waals surface area contributed by atoms with Crippen molar-refractivity contribution in [1.82, 2.24) is 4.90 Å². The van der Waals surface area contributed by atoms with E-state index in [9.17, 15) is 4.79 Å². The van der Waals surface area contributed by atoms with E-state index in [4.69, 9.17) is 5.73 Å². The molecule has 0 radical (unpaired) electrons. The van der Waals surface area contributed by atoms with Gasteiger partial charge in [-0.05, 0) is 49.4 Å². The van der Waals surface area contributed by atoms with Gasteiger partial charge in [-0.1, -0.05) is 38.8 Å².